The highest BCUT2D eigenvalue weighted by atomic mass is 19.4. The molecule has 0 aliphatic carbocycles. The van der Waals surface area contributed by atoms with Crippen LogP contribution in [0.2, 0.25) is 0 Å². The Morgan fingerprint density at radius 3 is 2.64 bits per heavy atom. The van der Waals surface area contributed by atoms with Crippen molar-refractivity contribution < 1.29 is 18.0 Å². The summed E-state index contributed by atoms with van der Waals surface area (Å²) in [5.41, 5.74) is 0.0423. The number of halogens is 3. The predicted molar refractivity (Wildman–Crippen MR) is 82.9 cm³/mol. The second kappa shape index (κ2) is 6.45. The van der Waals surface area contributed by atoms with E-state index in [0.29, 0.717) is 37.4 Å². The average Bonchev–Trinajstić information content (AvgIpc) is 2.97. The minimum atomic E-state index is -4.47. The Kier molecular flexibility index (Phi) is 4.49. The second-order valence-corrected chi connectivity index (χ2v) is 6.23. The van der Waals surface area contributed by atoms with Gasteiger partial charge in [-0.05, 0) is 19.8 Å². The van der Waals surface area contributed by atoms with Crippen LogP contribution < -0.4 is 0 Å². The number of hydrogen-bond acceptors (Lipinski definition) is 4. The Hall–Kier alpha value is -2.45. The molecule has 0 bridgehead atoms. The molecule has 0 N–H and O–H groups in total. The van der Waals surface area contributed by atoms with E-state index in [9.17, 15) is 18.0 Å². The summed E-state index contributed by atoms with van der Waals surface area (Å²) in [7, 11) is 1.55. The second-order valence-electron chi connectivity index (χ2n) is 6.23. The third-order valence-corrected chi connectivity index (χ3v) is 4.28. The van der Waals surface area contributed by atoms with Crippen LogP contribution in [-0.2, 0) is 13.2 Å². The van der Waals surface area contributed by atoms with Crippen LogP contribution in [0.4, 0.5) is 13.2 Å². The van der Waals surface area contributed by atoms with Crippen molar-refractivity contribution in [2.24, 2.45) is 7.05 Å². The lowest BCUT2D eigenvalue weighted by Crippen LogP contribution is -2.40. The standard InChI is InChI=1S/C16H18F3N5O/c1-10-6-21-12(7-20-10)15(25)24-5-3-4-11(8-24)14-22-13(9-23(14)2)16(17,18)19/h6-7,9,11H,3-5,8H2,1-2H3. The van der Waals surface area contributed by atoms with Crippen molar-refractivity contribution in [1.82, 2.24) is 24.4 Å². The van der Waals surface area contributed by atoms with Crippen molar-refractivity contribution in [1.29, 1.82) is 0 Å². The molecule has 0 saturated carbocycles. The normalized spacial score (nSPS) is 18.4. The van der Waals surface area contributed by atoms with Crippen LogP contribution in [0, 0.1) is 6.92 Å². The smallest absolute Gasteiger partial charge is 0.337 e. The van der Waals surface area contributed by atoms with E-state index in [2.05, 4.69) is 15.0 Å². The summed E-state index contributed by atoms with van der Waals surface area (Å²) in [4.78, 5) is 26.1. The maximum atomic E-state index is 12.9. The van der Waals surface area contributed by atoms with E-state index in [4.69, 9.17) is 0 Å². The van der Waals surface area contributed by atoms with E-state index < -0.39 is 11.9 Å². The minimum absolute atomic E-state index is 0.238. The first-order chi connectivity index (χ1) is 11.8. The Morgan fingerprint density at radius 2 is 2.04 bits per heavy atom. The van der Waals surface area contributed by atoms with E-state index in [-0.39, 0.29) is 17.5 Å². The molecule has 1 atom stereocenters. The van der Waals surface area contributed by atoms with Crippen LogP contribution in [0.5, 0.6) is 0 Å². The highest BCUT2D eigenvalue weighted by Crippen LogP contribution is 2.32. The molecule has 134 valence electrons. The minimum Gasteiger partial charge on any atom is -0.337 e. The van der Waals surface area contributed by atoms with Crippen LogP contribution in [0.25, 0.3) is 0 Å². The third-order valence-electron chi connectivity index (χ3n) is 4.28. The lowest BCUT2D eigenvalue weighted by Gasteiger charge is -2.32. The van der Waals surface area contributed by atoms with E-state index in [1.807, 2.05) is 0 Å². The summed E-state index contributed by atoms with van der Waals surface area (Å²) in [5, 5.41) is 0. The van der Waals surface area contributed by atoms with E-state index in [0.717, 1.165) is 6.20 Å². The molecule has 1 amide bonds. The van der Waals surface area contributed by atoms with Crippen molar-refractivity contribution in [3.05, 3.63) is 41.5 Å². The van der Waals surface area contributed by atoms with Gasteiger partial charge in [0.2, 0.25) is 0 Å². The van der Waals surface area contributed by atoms with Crippen LogP contribution in [0.1, 0.15) is 46.5 Å². The molecule has 9 heteroatoms. The molecule has 2 aromatic heterocycles. The van der Waals surface area contributed by atoms with Gasteiger partial charge in [-0.2, -0.15) is 13.2 Å². The van der Waals surface area contributed by atoms with Gasteiger partial charge in [0.25, 0.3) is 5.91 Å². The van der Waals surface area contributed by atoms with Crippen molar-refractivity contribution >= 4 is 5.91 Å². The average molecular weight is 353 g/mol. The highest BCUT2D eigenvalue weighted by molar-refractivity contribution is 5.92. The van der Waals surface area contributed by atoms with Crippen LogP contribution in [-0.4, -0.2) is 43.4 Å². The number of imidazole rings is 1. The maximum Gasteiger partial charge on any atom is 0.434 e. The molecule has 0 radical (unpaired) electrons. The molecule has 0 spiro atoms. The molecule has 1 fully saturated rings. The number of aryl methyl sites for hydroxylation is 2. The zero-order valence-corrected chi connectivity index (χ0v) is 13.9. The molecular formula is C16H18F3N5O. The first-order valence-corrected chi connectivity index (χ1v) is 7.94. The molecule has 25 heavy (non-hydrogen) atoms. The van der Waals surface area contributed by atoms with Gasteiger partial charge < -0.3 is 9.47 Å². The van der Waals surface area contributed by atoms with E-state index in [1.54, 1.807) is 18.9 Å². The molecule has 3 rings (SSSR count). The van der Waals surface area contributed by atoms with Gasteiger partial charge in [0.05, 0.1) is 11.9 Å². The number of rotatable bonds is 2. The number of aromatic nitrogens is 4. The lowest BCUT2D eigenvalue weighted by atomic mass is 9.97. The predicted octanol–water partition coefficient (Wildman–Crippen LogP) is 2.56. The SMILES string of the molecule is Cc1cnc(C(=O)N2CCCC(c3nc(C(F)(F)F)cn3C)C2)cn1. The van der Waals surface area contributed by atoms with Gasteiger partial charge in [0, 0.05) is 38.4 Å². The Bertz CT molecular complexity index is 769. The quantitative estimate of drug-likeness (QED) is 0.832. The number of amides is 1. The number of carbonyl (C=O) groups is 1. The number of piperidine rings is 1. The molecule has 6 nitrogen and oxygen atoms in total. The summed E-state index contributed by atoms with van der Waals surface area (Å²) >= 11 is 0. The third kappa shape index (κ3) is 3.64. The van der Waals surface area contributed by atoms with Gasteiger partial charge in [0.1, 0.15) is 11.5 Å². The largest absolute Gasteiger partial charge is 0.434 e. The maximum absolute atomic E-state index is 12.9. The van der Waals surface area contributed by atoms with Gasteiger partial charge in [0.15, 0.2) is 5.69 Å². The fraction of sp³-hybridized carbons (Fsp3) is 0.500. The van der Waals surface area contributed by atoms with Crippen molar-refractivity contribution in [3.8, 4) is 0 Å². The number of carbonyl (C=O) groups excluding carboxylic acids is 1. The van der Waals surface area contributed by atoms with Gasteiger partial charge in [-0.25, -0.2) is 9.97 Å². The molecule has 0 aromatic carbocycles. The topological polar surface area (TPSA) is 63.9 Å². The lowest BCUT2D eigenvalue weighted by molar-refractivity contribution is -0.141. The van der Waals surface area contributed by atoms with Gasteiger partial charge in [-0.15, -0.1) is 0 Å². The van der Waals surface area contributed by atoms with Gasteiger partial charge in [-0.3, -0.25) is 9.78 Å². The summed E-state index contributed by atoms with van der Waals surface area (Å²) in [5.74, 6) is -0.153. The first kappa shape index (κ1) is 17.4. The first-order valence-electron chi connectivity index (χ1n) is 7.94. The van der Waals surface area contributed by atoms with Crippen molar-refractivity contribution in [3.63, 3.8) is 0 Å². The van der Waals surface area contributed by atoms with Crippen molar-refractivity contribution in [2.75, 3.05) is 13.1 Å². The molecule has 1 unspecified atom stereocenters. The summed E-state index contributed by atoms with van der Waals surface area (Å²) in [6.45, 7) is 2.63. The number of alkyl halides is 3. The molecule has 1 aliphatic heterocycles. The van der Waals surface area contributed by atoms with Gasteiger partial charge >= 0.3 is 6.18 Å². The van der Waals surface area contributed by atoms with Gasteiger partial charge in [-0.1, -0.05) is 0 Å². The molecule has 3 heterocycles. The molecule has 1 saturated heterocycles. The molecular weight excluding hydrogens is 335 g/mol. The fourth-order valence-corrected chi connectivity index (χ4v) is 3.03. The van der Waals surface area contributed by atoms with E-state index in [1.165, 1.54) is 17.0 Å². The summed E-state index contributed by atoms with van der Waals surface area (Å²) in [6.07, 6.45) is 0.835. The zero-order chi connectivity index (χ0) is 18.2. The van der Waals surface area contributed by atoms with E-state index >= 15 is 0 Å². The van der Waals surface area contributed by atoms with Crippen LogP contribution >= 0.6 is 0 Å². The summed E-state index contributed by atoms with van der Waals surface area (Å²) < 4.78 is 40.0. The fourth-order valence-electron chi connectivity index (χ4n) is 3.03. The highest BCUT2D eigenvalue weighted by Gasteiger charge is 2.36. The zero-order valence-electron chi connectivity index (χ0n) is 13.9. The Balaban J connectivity index is 1.78. The van der Waals surface area contributed by atoms with Crippen molar-refractivity contribution in [2.45, 2.75) is 31.9 Å². The molecule has 1 aliphatic rings. The molecule has 2 aromatic rings. The number of likely N-dealkylation sites (tertiary alicyclic amines) is 1. The Labute approximate surface area is 142 Å². The van der Waals surface area contributed by atoms with Crippen LogP contribution in [0.15, 0.2) is 18.6 Å². The summed E-state index contributed by atoms with van der Waals surface area (Å²) in [6, 6.07) is 0. The number of hydrogen-bond donors (Lipinski definition) is 0. The monoisotopic (exact) mass is 353 g/mol. The Morgan fingerprint density at radius 1 is 1.28 bits per heavy atom. The van der Waals surface area contributed by atoms with Crippen LogP contribution in [0.3, 0.4) is 0 Å². The number of nitrogens with zero attached hydrogens (tertiary/aromatic N) is 5.